The van der Waals surface area contributed by atoms with Crippen molar-refractivity contribution < 1.29 is 13.6 Å². The van der Waals surface area contributed by atoms with E-state index in [2.05, 4.69) is 22.2 Å². The van der Waals surface area contributed by atoms with Gasteiger partial charge in [0.2, 0.25) is 5.91 Å². The molecule has 0 aromatic heterocycles. The molecule has 1 aromatic carbocycles. The van der Waals surface area contributed by atoms with Gasteiger partial charge in [0.25, 0.3) is 0 Å². The normalized spacial score (nSPS) is 16.7. The molecule has 1 aliphatic carbocycles. The SMILES string of the molecule is C=C1NC(SCCCC(=O)Nc2cc(F)cc(F)c2)=NC2=C1CCCC2. The molecule has 1 amide bonds. The Morgan fingerprint density at radius 3 is 2.73 bits per heavy atom. The first kappa shape index (κ1) is 18.6. The van der Waals surface area contributed by atoms with E-state index in [1.807, 2.05) is 0 Å². The third kappa shape index (κ3) is 4.94. The number of amides is 1. The molecule has 0 fully saturated rings. The summed E-state index contributed by atoms with van der Waals surface area (Å²) >= 11 is 1.55. The molecule has 1 aromatic rings. The van der Waals surface area contributed by atoms with E-state index >= 15 is 0 Å². The number of amidine groups is 1. The van der Waals surface area contributed by atoms with Gasteiger partial charge in [-0.25, -0.2) is 13.8 Å². The average molecular weight is 377 g/mol. The Bertz CT molecular complexity index is 769. The summed E-state index contributed by atoms with van der Waals surface area (Å²) in [5, 5.41) is 6.57. The quantitative estimate of drug-likeness (QED) is 0.730. The molecule has 1 aliphatic heterocycles. The summed E-state index contributed by atoms with van der Waals surface area (Å²) in [4.78, 5) is 16.6. The number of hydrogen-bond acceptors (Lipinski definition) is 4. The number of benzene rings is 1. The average Bonchev–Trinajstić information content (AvgIpc) is 2.58. The maximum absolute atomic E-state index is 13.1. The molecule has 26 heavy (non-hydrogen) atoms. The first-order chi connectivity index (χ1) is 12.5. The van der Waals surface area contributed by atoms with Crippen molar-refractivity contribution in [3.63, 3.8) is 0 Å². The summed E-state index contributed by atoms with van der Waals surface area (Å²) in [6, 6.07) is 2.96. The number of carbonyl (C=O) groups excluding carboxylic acids is 1. The lowest BCUT2D eigenvalue weighted by Crippen LogP contribution is -2.26. The largest absolute Gasteiger partial charge is 0.335 e. The molecule has 1 heterocycles. The highest BCUT2D eigenvalue weighted by Crippen LogP contribution is 2.32. The lowest BCUT2D eigenvalue weighted by Gasteiger charge is -2.25. The van der Waals surface area contributed by atoms with Crippen LogP contribution in [-0.2, 0) is 4.79 Å². The molecular formula is C19H21F2N3OS. The highest BCUT2D eigenvalue weighted by atomic mass is 32.2. The van der Waals surface area contributed by atoms with E-state index in [1.165, 1.54) is 12.0 Å². The van der Waals surface area contributed by atoms with Crippen molar-refractivity contribution in [1.82, 2.24) is 5.32 Å². The lowest BCUT2D eigenvalue weighted by atomic mass is 9.94. The van der Waals surface area contributed by atoms with Crippen LogP contribution in [0, 0.1) is 11.6 Å². The van der Waals surface area contributed by atoms with Gasteiger partial charge in [-0.2, -0.15) is 0 Å². The summed E-state index contributed by atoms with van der Waals surface area (Å²) in [6.07, 6.45) is 5.27. The number of nitrogens with zero attached hydrogens (tertiary/aromatic N) is 1. The Hall–Kier alpha value is -2.15. The van der Waals surface area contributed by atoms with Gasteiger partial charge in [0.15, 0.2) is 5.17 Å². The van der Waals surface area contributed by atoms with Crippen LogP contribution < -0.4 is 10.6 Å². The van der Waals surface area contributed by atoms with Crippen LogP contribution >= 0.6 is 11.8 Å². The topological polar surface area (TPSA) is 53.5 Å². The molecule has 4 nitrogen and oxygen atoms in total. The first-order valence-corrected chi connectivity index (χ1v) is 9.65. The number of allylic oxidation sites excluding steroid dienone is 2. The molecule has 2 N–H and O–H groups in total. The second-order valence-electron chi connectivity index (χ2n) is 6.31. The minimum absolute atomic E-state index is 0.131. The van der Waals surface area contributed by atoms with Gasteiger partial charge in [-0.1, -0.05) is 18.3 Å². The molecule has 2 aliphatic rings. The van der Waals surface area contributed by atoms with Gasteiger partial charge in [0, 0.05) is 35.3 Å². The van der Waals surface area contributed by atoms with Crippen LogP contribution in [0.3, 0.4) is 0 Å². The van der Waals surface area contributed by atoms with E-state index < -0.39 is 11.6 Å². The summed E-state index contributed by atoms with van der Waals surface area (Å²) in [5.41, 5.74) is 3.44. The number of carbonyl (C=O) groups is 1. The number of thioether (sulfide) groups is 1. The Morgan fingerprint density at radius 2 is 1.96 bits per heavy atom. The molecule has 138 valence electrons. The van der Waals surface area contributed by atoms with Crippen LogP contribution in [0.25, 0.3) is 0 Å². The number of hydrogen-bond donors (Lipinski definition) is 2. The van der Waals surface area contributed by atoms with Gasteiger partial charge < -0.3 is 10.6 Å². The second-order valence-corrected chi connectivity index (χ2v) is 7.39. The fraction of sp³-hybridized carbons (Fsp3) is 0.368. The summed E-state index contributed by atoms with van der Waals surface area (Å²) in [7, 11) is 0. The molecule has 3 rings (SSSR count). The molecule has 0 atom stereocenters. The molecule has 0 saturated heterocycles. The highest BCUT2D eigenvalue weighted by molar-refractivity contribution is 8.13. The standard InChI is InChI=1S/C19H21F2N3OS/c1-12-16-5-2-3-6-17(16)24-19(22-12)26-8-4-7-18(25)23-15-10-13(20)9-14(21)11-15/h9-11H,1-8H2,(H,22,24)(H,23,25). The van der Waals surface area contributed by atoms with Gasteiger partial charge in [0.1, 0.15) is 11.6 Å². The van der Waals surface area contributed by atoms with Crippen molar-refractivity contribution in [3.8, 4) is 0 Å². The Labute approximate surface area is 155 Å². The summed E-state index contributed by atoms with van der Waals surface area (Å²) < 4.78 is 26.2. The number of halogens is 2. The van der Waals surface area contributed by atoms with Crippen molar-refractivity contribution in [2.45, 2.75) is 38.5 Å². The van der Waals surface area contributed by atoms with Crippen LogP contribution in [0.5, 0.6) is 0 Å². The third-order valence-electron chi connectivity index (χ3n) is 4.23. The fourth-order valence-corrected chi connectivity index (χ4v) is 3.86. The number of rotatable bonds is 5. The minimum Gasteiger partial charge on any atom is -0.335 e. The Morgan fingerprint density at radius 1 is 1.23 bits per heavy atom. The van der Waals surface area contributed by atoms with Gasteiger partial charge in [-0.15, -0.1) is 0 Å². The van der Waals surface area contributed by atoms with Crippen molar-refractivity contribution >= 4 is 28.5 Å². The van der Waals surface area contributed by atoms with Crippen LogP contribution in [-0.4, -0.2) is 16.8 Å². The highest BCUT2D eigenvalue weighted by Gasteiger charge is 2.20. The molecule has 0 radical (unpaired) electrons. The predicted molar refractivity (Wildman–Crippen MR) is 102 cm³/mol. The van der Waals surface area contributed by atoms with Gasteiger partial charge in [-0.05, 0) is 49.8 Å². The van der Waals surface area contributed by atoms with E-state index in [-0.39, 0.29) is 18.0 Å². The van der Waals surface area contributed by atoms with E-state index in [0.717, 1.165) is 54.0 Å². The molecule has 0 saturated carbocycles. The third-order valence-corrected chi connectivity index (χ3v) is 5.19. The predicted octanol–water partition coefficient (Wildman–Crippen LogP) is 4.72. The summed E-state index contributed by atoms with van der Waals surface area (Å²) in [6.45, 7) is 4.08. The molecule has 0 unspecified atom stereocenters. The van der Waals surface area contributed by atoms with Crippen LogP contribution in [0.2, 0.25) is 0 Å². The monoisotopic (exact) mass is 377 g/mol. The Kier molecular flexibility index (Phi) is 6.08. The maximum Gasteiger partial charge on any atom is 0.224 e. The number of aliphatic imine (C=N–C) groups is 1. The van der Waals surface area contributed by atoms with E-state index in [9.17, 15) is 13.6 Å². The zero-order chi connectivity index (χ0) is 18.5. The van der Waals surface area contributed by atoms with Crippen LogP contribution in [0.15, 0.2) is 46.7 Å². The molecule has 0 spiro atoms. The minimum atomic E-state index is -0.714. The van der Waals surface area contributed by atoms with E-state index in [4.69, 9.17) is 0 Å². The number of anilines is 1. The van der Waals surface area contributed by atoms with Gasteiger partial charge in [0.05, 0.1) is 0 Å². The number of nitrogens with one attached hydrogen (secondary N) is 2. The smallest absolute Gasteiger partial charge is 0.224 e. The van der Waals surface area contributed by atoms with Crippen molar-refractivity contribution in [2.24, 2.45) is 4.99 Å². The van der Waals surface area contributed by atoms with E-state index in [1.54, 1.807) is 11.8 Å². The fourth-order valence-electron chi connectivity index (χ4n) is 3.01. The summed E-state index contributed by atoms with van der Waals surface area (Å²) in [5.74, 6) is -0.981. The molecule has 7 heteroatoms. The Balaban J connectivity index is 1.44. The first-order valence-electron chi connectivity index (χ1n) is 8.67. The lowest BCUT2D eigenvalue weighted by molar-refractivity contribution is -0.116. The van der Waals surface area contributed by atoms with Crippen LogP contribution in [0.4, 0.5) is 14.5 Å². The molecular weight excluding hydrogens is 356 g/mol. The maximum atomic E-state index is 13.1. The molecule has 0 bridgehead atoms. The van der Waals surface area contributed by atoms with Crippen molar-refractivity contribution in [2.75, 3.05) is 11.1 Å². The van der Waals surface area contributed by atoms with Crippen LogP contribution in [0.1, 0.15) is 38.5 Å². The second kappa shape index (κ2) is 8.49. The van der Waals surface area contributed by atoms with Crippen molar-refractivity contribution in [1.29, 1.82) is 0 Å². The zero-order valence-electron chi connectivity index (χ0n) is 14.4. The van der Waals surface area contributed by atoms with E-state index in [0.29, 0.717) is 12.2 Å². The zero-order valence-corrected chi connectivity index (χ0v) is 15.2. The van der Waals surface area contributed by atoms with Crippen molar-refractivity contribution in [3.05, 3.63) is 53.4 Å². The van der Waals surface area contributed by atoms with Gasteiger partial charge >= 0.3 is 0 Å². The van der Waals surface area contributed by atoms with Gasteiger partial charge in [-0.3, -0.25) is 4.79 Å².